The van der Waals surface area contributed by atoms with E-state index in [1.165, 1.54) is 0 Å². The lowest BCUT2D eigenvalue weighted by molar-refractivity contribution is -0.149. The SMILES string of the molecule is C#CCSCCNCC(C)C(=O)OCc1ccccc1. The van der Waals surface area contributed by atoms with Crippen LogP contribution in [0.4, 0.5) is 0 Å². The summed E-state index contributed by atoms with van der Waals surface area (Å²) in [5.41, 5.74) is 1.01. The Morgan fingerprint density at radius 1 is 1.45 bits per heavy atom. The van der Waals surface area contributed by atoms with Crippen molar-refractivity contribution in [2.45, 2.75) is 13.5 Å². The fourth-order valence-electron chi connectivity index (χ4n) is 1.55. The number of benzene rings is 1. The number of esters is 1. The maximum Gasteiger partial charge on any atom is 0.310 e. The maximum absolute atomic E-state index is 11.8. The fourth-order valence-corrected chi connectivity index (χ4v) is 2.10. The van der Waals surface area contributed by atoms with Gasteiger partial charge in [0.05, 0.1) is 11.7 Å². The second-order valence-corrected chi connectivity index (χ2v) is 5.56. The van der Waals surface area contributed by atoms with E-state index in [4.69, 9.17) is 11.2 Å². The Bertz CT molecular complexity index is 428. The van der Waals surface area contributed by atoms with Gasteiger partial charge >= 0.3 is 5.97 Å². The van der Waals surface area contributed by atoms with Crippen molar-refractivity contribution in [2.24, 2.45) is 5.92 Å². The van der Waals surface area contributed by atoms with Crippen LogP contribution in [0.15, 0.2) is 30.3 Å². The van der Waals surface area contributed by atoms with Crippen LogP contribution in [0, 0.1) is 18.3 Å². The number of rotatable bonds is 9. The van der Waals surface area contributed by atoms with E-state index in [1.807, 2.05) is 37.3 Å². The third kappa shape index (κ3) is 7.22. The minimum Gasteiger partial charge on any atom is -0.461 e. The first-order valence-electron chi connectivity index (χ1n) is 6.66. The molecule has 0 aliphatic heterocycles. The lowest BCUT2D eigenvalue weighted by atomic mass is 10.2. The Morgan fingerprint density at radius 3 is 2.90 bits per heavy atom. The second kappa shape index (κ2) is 10.4. The Hall–Kier alpha value is -1.44. The van der Waals surface area contributed by atoms with Gasteiger partial charge in [0.2, 0.25) is 0 Å². The topological polar surface area (TPSA) is 38.3 Å². The van der Waals surface area contributed by atoms with Gasteiger partial charge in [-0.25, -0.2) is 0 Å². The van der Waals surface area contributed by atoms with E-state index in [1.54, 1.807) is 11.8 Å². The maximum atomic E-state index is 11.8. The molecule has 0 heterocycles. The molecule has 20 heavy (non-hydrogen) atoms. The van der Waals surface area contributed by atoms with E-state index < -0.39 is 0 Å². The van der Waals surface area contributed by atoms with Gasteiger partial charge in [0.25, 0.3) is 0 Å². The third-order valence-corrected chi connectivity index (χ3v) is 3.55. The lowest BCUT2D eigenvalue weighted by Gasteiger charge is -2.12. The van der Waals surface area contributed by atoms with Gasteiger partial charge in [-0.1, -0.05) is 43.2 Å². The average Bonchev–Trinajstić information content (AvgIpc) is 2.49. The smallest absolute Gasteiger partial charge is 0.310 e. The number of nitrogens with one attached hydrogen (secondary N) is 1. The van der Waals surface area contributed by atoms with E-state index in [2.05, 4.69) is 11.2 Å². The van der Waals surface area contributed by atoms with Crippen molar-refractivity contribution in [2.75, 3.05) is 24.6 Å². The Kier molecular flexibility index (Phi) is 8.61. The number of ether oxygens (including phenoxy) is 1. The van der Waals surface area contributed by atoms with Gasteiger partial charge < -0.3 is 10.1 Å². The molecule has 1 aromatic rings. The van der Waals surface area contributed by atoms with Gasteiger partial charge in [0.15, 0.2) is 0 Å². The van der Waals surface area contributed by atoms with Crippen molar-refractivity contribution in [3.63, 3.8) is 0 Å². The molecular weight excluding hydrogens is 270 g/mol. The molecule has 0 saturated heterocycles. The van der Waals surface area contributed by atoms with Gasteiger partial charge in [0.1, 0.15) is 6.61 Å². The summed E-state index contributed by atoms with van der Waals surface area (Å²) in [6, 6.07) is 9.69. The van der Waals surface area contributed by atoms with Crippen LogP contribution in [0.1, 0.15) is 12.5 Å². The molecule has 0 saturated carbocycles. The Morgan fingerprint density at radius 2 is 2.20 bits per heavy atom. The average molecular weight is 291 g/mol. The van der Waals surface area contributed by atoms with Crippen molar-refractivity contribution in [3.05, 3.63) is 35.9 Å². The number of hydrogen-bond donors (Lipinski definition) is 1. The highest BCUT2D eigenvalue weighted by atomic mass is 32.2. The quantitative estimate of drug-likeness (QED) is 0.430. The number of thioether (sulfide) groups is 1. The van der Waals surface area contributed by atoms with Crippen LogP contribution in [-0.4, -0.2) is 30.6 Å². The monoisotopic (exact) mass is 291 g/mol. The molecule has 3 nitrogen and oxygen atoms in total. The lowest BCUT2D eigenvalue weighted by Crippen LogP contribution is -2.29. The van der Waals surface area contributed by atoms with E-state index in [-0.39, 0.29) is 11.9 Å². The van der Waals surface area contributed by atoms with Gasteiger partial charge in [-0.2, -0.15) is 0 Å². The largest absolute Gasteiger partial charge is 0.461 e. The highest BCUT2D eigenvalue weighted by Gasteiger charge is 2.13. The van der Waals surface area contributed by atoms with Gasteiger partial charge in [-0.05, 0) is 5.56 Å². The number of carbonyl (C=O) groups excluding carboxylic acids is 1. The first-order chi connectivity index (χ1) is 9.74. The molecule has 0 amide bonds. The van der Waals surface area contributed by atoms with E-state index in [0.717, 1.165) is 23.6 Å². The predicted octanol–water partition coefficient (Wildman–Crippen LogP) is 2.32. The zero-order chi connectivity index (χ0) is 14.6. The molecule has 0 spiro atoms. The highest BCUT2D eigenvalue weighted by Crippen LogP contribution is 2.04. The molecule has 0 radical (unpaired) electrons. The zero-order valence-corrected chi connectivity index (χ0v) is 12.6. The summed E-state index contributed by atoms with van der Waals surface area (Å²) in [4.78, 5) is 11.8. The molecule has 1 aromatic carbocycles. The van der Waals surface area contributed by atoms with Crippen LogP contribution in [-0.2, 0) is 16.1 Å². The van der Waals surface area contributed by atoms with Crippen molar-refractivity contribution in [3.8, 4) is 12.3 Å². The molecule has 108 valence electrons. The third-order valence-electron chi connectivity index (χ3n) is 2.69. The first-order valence-corrected chi connectivity index (χ1v) is 7.82. The van der Waals surface area contributed by atoms with Crippen LogP contribution in [0.2, 0.25) is 0 Å². The molecule has 0 bridgehead atoms. The summed E-state index contributed by atoms with van der Waals surface area (Å²) >= 11 is 1.71. The Labute approximate surface area is 125 Å². The van der Waals surface area contributed by atoms with Crippen molar-refractivity contribution >= 4 is 17.7 Å². The molecule has 1 atom stereocenters. The first kappa shape index (κ1) is 16.6. The van der Waals surface area contributed by atoms with Gasteiger partial charge in [-0.15, -0.1) is 18.2 Å². The normalized spacial score (nSPS) is 11.6. The molecule has 1 rings (SSSR count). The minimum atomic E-state index is -0.169. The minimum absolute atomic E-state index is 0.142. The summed E-state index contributed by atoms with van der Waals surface area (Å²) in [5.74, 6) is 3.95. The Balaban J connectivity index is 2.12. The number of terminal acetylenes is 1. The second-order valence-electron chi connectivity index (χ2n) is 4.46. The van der Waals surface area contributed by atoms with Crippen LogP contribution >= 0.6 is 11.8 Å². The summed E-state index contributed by atoms with van der Waals surface area (Å²) in [6.45, 7) is 3.68. The zero-order valence-electron chi connectivity index (χ0n) is 11.8. The van der Waals surface area contributed by atoms with Crippen LogP contribution < -0.4 is 5.32 Å². The van der Waals surface area contributed by atoms with Crippen molar-refractivity contribution < 1.29 is 9.53 Å². The number of carbonyl (C=O) groups is 1. The van der Waals surface area contributed by atoms with Crippen LogP contribution in [0.25, 0.3) is 0 Å². The van der Waals surface area contributed by atoms with Crippen LogP contribution in [0.3, 0.4) is 0 Å². The predicted molar refractivity (Wildman–Crippen MR) is 84.4 cm³/mol. The summed E-state index contributed by atoms with van der Waals surface area (Å²) in [6.07, 6.45) is 5.16. The van der Waals surface area contributed by atoms with E-state index in [0.29, 0.717) is 13.2 Å². The van der Waals surface area contributed by atoms with E-state index in [9.17, 15) is 4.79 Å². The molecule has 4 heteroatoms. The standard InChI is InChI=1S/C16H21NO2S/c1-3-10-20-11-9-17-12-14(2)16(18)19-13-15-7-5-4-6-8-15/h1,4-8,14,17H,9-13H2,2H3. The van der Waals surface area contributed by atoms with Gasteiger partial charge in [0, 0.05) is 18.8 Å². The molecule has 0 fully saturated rings. The molecule has 1 N–H and O–H groups in total. The van der Waals surface area contributed by atoms with Crippen LogP contribution in [0.5, 0.6) is 0 Å². The molecule has 0 aliphatic rings. The van der Waals surface area contributed by atoms with E-state index >= 15 is 0 Å². The molecule has 0 aromatic heterocycles. The van der Waals surface area contributed by atoms with Crippen molar-refractivity contribution in [1.29, 1.82) is 0 Å². The summed E-state index contributed by atoms with van der Waals surface area (Å²) in [5, 5.41) is 3.23. The fraction of sp³-hybridized carbons (Fsp3) is 0.438. The molecule has 1 unspecified atom stereocenters. The van der Waals surface area contributed by atoms with Gasteiger partial charge in [-0.3, -0.25) is 4.79 Å². The summed E-state index contributed by atoms with van der Waals surface area (Å²) in [7, 11) is 0. The molecular formula is C16H21NO2S. The summed E-state index contributed by atoms with van der Waals surface area (Å²) < 4.78 is 5.27. The highest BCUT2D eigenvalue weighted by molar-refractivity contribution is 7.99. The number of hydrogen-bond acceptors (Lipinski definition) is 4. The van der Waals surface area contributed by atoms with Crippen molar-refractivity contribution in [1.82, 2.24) is 5.32 Å². The molecule has 0 aliphatic carbocycles.